The number of anilines is 1. The average molecular weight is 286 g/mol. The Labute approximate surface area is 125 Å². The van der Waals surface area contributed by atoms with E-state index in [1.807, 2.05) is 42.4 Å². The minimum absolute atomic E-state index is 0.182. The van der Waals surface area contributed by atoms with E-state index in [1.165, 1.54) is 11.8 Å². The first-order valence-electron chi connectivity index (χ1n) is 6.88. The van der Waals surface area contributed by atoms with Crippen LogP contribution in [0.5, 0.6) is 0 Å². The molecule has 0 aliphatic carbocycles. The molecule has 1 unspecified atom stereocenters. The Kier molecular flexibility index (Phi) is 5.08. The summed E-state index contributed by atoms with van der Waals surface area (Å²) >= 11 is 0. The van der Waals surface area contributed by atoms with E-state index in [0.717, 1.165) is 11.4 Å². The molecule has 5 N–H and O–H groups in total. The molecule has 21 heavy (non-hydrogen) atoms. The fraction of sp³-hybridized carbons (Fsp3) is 0.333. The van der Waals surface area contributed by atoms with Crippen LogP contribution in [0.2, 0.25) is 0 Å². The standard InChI is InChI=1S/C15H22N6/c1-11-3-5-12(6-4-11)18-8-13(7-16)20-14-9-19-15(17)21(2)10-14/h3-7,10,15-16,18-19H,8-9,17H2,1-2H3. The van der Waals surface area contributed by atoms with Crippen molar-refractivity contribution < 1.29 is 0 Å². The minimum atomic E-state index is -0.182. The van der Waals surface area contributed by atoms with E-state index in [-0.39, 0.29) is 6.29 Å². The number of hydrogen-bond acceptors (Lipinski definition) is 6. The highest BCUT2D eigenvalue weighted by atomic mass is 15.3. The Morgan fingerprint density at radius 2 is 2.24 bits per heavy atom. The molecule has 1 atom stereocenters. The van der Waals surface area contributed by atoms with Gasteiger partial charge in [-0.25, -0.2) is 0 Å². The van der Waals surface area contributed by atoms with Gasteiger partial charge in [0.25, 0.3) is 0 Å². The van der Waals surface area contributed by atoms with Gasteiger partial charge in [0, 0.05) is 31.7 Å². The Morgan fingerprint density at radius 1 is 1.52 bits per heavy atom. The molecule has 6 nitrogen and oxygen atoms in total. The summed E-state index contributed by atoms with van der Waals surface area (Å²) in [5, 5.41) is 13.9. The Hall–Kier alpha value is -2.18. The lowest BCUT2D eigenvalue weighted by Gasteiger charge is -2.29. The molecule has 112 valence electrons. The highest BCUT2D eigenvalue weighted by Crippen LogP contribution is 2.09. The van der Waals surface area contributed by atoms with Crippen LogP contribution >= 0.6 is 0 Å². The van der Waals surface area contributed by atoms with Gasteiger partial charge >= 0.3 is 0 Å². The molecule has 0 bridgehead atoms. The number of benzene rings is 1. The molecule has 1 aliphatic heterocycles. The highest BCUT2D eigenvalue weighted by molar-refractivity contribution is 6.31. The summed E-state index contributed by atoms with van der Waals surface area (Å²) in [6.07, 6.45) is 2.99. The zero-order valence-corrected chi connectivity index (χ0v) is 12.4. The number of hydrogen-bond donors (Lipinski definition) is 4. The lowest BCUT2D eigenvalue weighted by atomic mass is 10.2. The van der Waals surface area contributed by atoms with Crippen LogP contribution in [0.15, 0.2) is 41.2 Å². The van der Waals surface area contributed by atoms with E-state index in [0.29, 0.717) is 18.8 Å². The number of nitrogens with zero attached hydrogens (tertiary/aromatic N) is 2. The van der Waals surface area contributed by atoms with Crippen molar-refractivity contribution in [2.24, 2.45) is 10.7 Å². The number of nitrogens with two attached hydrogens (primary N) is 1. The smallest absolute Gasteiger partial charge is 0.131 e. The number of aryl methyl sites for hydroxylation is 1. The highest BCUT2D eigenvalue weighted by Gasteiger charge is 2.13. The molecule has 1 aromatic rings. The summed E-state index contributed by atoms with van der Waals surface area (Å²) in [6, 6.07) is 8.14. The van der Waals surface area contributed by atoms with Crippen molar-refractivity contribution in [1.82, 2.24) is 10.2 Å². The second-order valence-corrected chi connectivity index (χ2v) is 5.08. The summed E-state index contributed by atoms with van der Waals surface area (Å²) < 4.78 is 0. The molecule has 0 saturated carbocycles. The fourth-order valence-corrected chi connectivity index (χ4v) is 1.95. The van der Waals surface area contributed by atoms with Gasteiger partial charge in [-0.05, 0) is 19.1 Å². The van der Waals surface area contributed by atoms with E-state index in [2.05, 4.69) is 22.5 Å². The van der Waals surface area contributed by atoms with Crippen LogP contribution in [-0.4, -0.2) is 43.3 Å². The van der Waals surface area contributed by atoms with Gasteiger partial charge in [-0.2, -0.15) is 0 Å². The van der Waals surface area contributed by atoms with Gasteiger partial charge in [-0.1, -0.05) is 17.7 Å². The topological polar surface area (TPSA) is 89.5 Å². The first-order valence-corrected chi connectivity index (χ1v) is 6.88. The number of aliphatic imine (C=N–C) groups is 1. The predicted octanol–water partition coefficient (Wildman–Crippen LogP) is 1.12. The van der Waals surface area contributed by atoms with Crippen molar-refractivity contribution in [1.29, 1.82) is 5.41 Å². The zero-order chi connectivity index (χ0) is 15.2. The van der Waals surface area contributed by atoms with Crippen molar-refractivity contribution in [3.8, 4) is 0 Å². The van der Waals surface area contributed by atoms with Crippen LogP contribution in [-0.2, 0) is 0 Å². The average Bonchev–Trinajstić information content (AvgIpc) is 2.49. The van der Waals surface area contributed by atoms with Crippen LogP contribution < -0.4 is 16.4 Å². The molecule has 6 heteroatoms. The summed E-state index contributed by atoms with van der Waals surface area (Å²) in [5.41, 5.74) is 9.59. The van der Waals surface area contributed by atoms with Gasteiger partial charge in [-0.3, -0.25) is 16.0 Å². The fourth-order valence-electron chi connectivity index (χ4n) is 1.95. The molecule has 1 aromatic carbocycles. The van der Waals surface area contributed by atoms with Crippen molar-refractivity contribution in [2.45, 2.75) is 13.2 Å². The molecule has 0 saturated heterocycles. The van der Waals surface area contributed by atoms with Crippen molar-refractivity contribution in [3.05, 3.63) is 41.7 Å². The normalized spacial score (nSPS) is 19.2. The van der Waals surface area contributed by atoms with E-state index >= 15 is 0 Å². The van der Waals surface area contributed by atoms with Crippen LogP contribution in [0.3, 0.4) is 0 Å². The molecular weight excluding hydrogens is 264 g/mol. The van der Waals surface area contributed by atoms with Crippen molar-refractivity contribution in [3.63, 3.8) is 0 Å². The number of rotatable bonds is 5. The lowest BCUT2D eigenvalue weighted by Crippen LogP contribution is -2.51. The number of nitrogens with one attached hydrogen (secondary N) is 3. The van der Waals surface area contributed by atoms with E-state index in [4.69, 9.17) is 11.1 Å². The van der Waals surface area contributed by atoms with E-state index in [1.54, 1.807) is 0 Å². The lowest BCUT2D eigenvalue weighted by molar-refractivity contribution is 0.269. The molecular formula is C15H22N6. The second kappa shape index (κ2) is 7.01. The Balaban J connectivity index is 1.99. The van der Waals surface area contributed by atoms with Crippen molar-refractivity contribution >= 4 is 17.6 Å². The van der Waals surface area contributed by atoms with Gasteiger partial charge < -0.3 is 15.6 Å². The second-order valence-electron chi connectivity index (χ2n) is 5.08. The molecule has 2 rings (SSSR count). The minimum Gasteiger partial charge on any atom is -0.379 e. The van der Waals surface area contributed by atoms with Crippen LogP contribution in [0.25, 0.3) is 0 Å². The zero-order valence-electron chi connectivity index (χ0n) is 12.4. The maximum atomic E-state index is 7.49. The molecule has 0 aromatic heterocycles. The Bertz CT molecular complexity index is 546. The summed E-state index contributed by atoms with van der Waals surface area (Å²) in [6.45, 7) is 3.17. The molecule has 1 aliphatic rings. The summed E-state index contributed by atoms with van der Waals surface area (Å²) in [5.74, 6) is 0. The largest absolute Gasteiger partial charge is 0.379 e. The van der Waals surface area contributed by atoms with E-state index in [9.17, 15) is 0 Å². The maximum Gasteiger partial charge on any atom is 0.131 e. The molecule has 0 amide bonds. The monoisotopic (exact) mass is 286 g/mol. The molecule has 0 fully saturated rings. The van der Waals surface area contributed by atoms with Crippen LogP contribution in [0.1, 0.15) is 5.56 Å². The summed E-state index contributed by atoms with van der Waals surface area (Å²) in [7, 11) is 1.89. The van der Waals surface area contributed by atoms with Gasteiger partial charge in [0.2, 0.25) is 0 Å². The van der Waals surface area contributed by atoms with Gasteiger partial charge in [0.05, 0.1) is 18.0 Å². The first kappa shape index (κ1) is 15.2. The molecule has 0 spiro atoms. The van der Waals surface area contributed by atoms with Crippen LogP contribution in [0.4, 0.5) is 5.69 Å². The maximum absolute atomic E-state index is 7.49. The van der Waals surface area contributed by atoms with Gasteiger partial charge in [0.1, 0.15) is 6.29 Å². The quantitative estimate of drug-likeness (QED) is 0.611. The molecule has 1 heterocycles. The third kappa shape index (κ3) is 4.40. The molecule has 0 radical (unpaired) electrons. The first-order chi connectivity index (χ1) is 10.1. The Morgan fingerprint density at radius 3 is 2.86 bits per heavy atom. The van der Waals surface area contributed by atoms with E-state index < -0.39 is 0 Å². The van der Waals surface area contributed by atoms with Crippen LogP contribution in [0, 0.1) is 12.3 Å². The van der Waals surface area contributed by atoms with Crippen molar-refractivity contribution in [2.75, 3.05) is 25.5 Å². The van der Waals surface area contributed by atoms with Gasteiger partial charge in [-0.15, -0.1) is 0 Å². The summed E-state index contributed by atoms with van der Waals surface area (Å²) in [4.78, 5) is 6.34. The van der Waals surface area contributed by atoms with Gasteiger partial charge in [0.15, 0.2) is 0 Å². The predicted molar refractivity (Wildman–Crippen MR) is 87.7 cm³/mol. The third-order valence-electron chi connectivity index (χ3n) is 3.26. The third-order valence-corrected chi connectivity index (χ3v) is 3.26. The SMILES string of the molecule is Cc1ccc(NCC(C=N)=NC2=CN(C)C(N)NC2)cc1.